The van der Waals surface area contributed by atoms with Crippen molar-refractivity contribution in [2.24, 2.45) is 17.8 Å². The number of hydrogen-bond donors (Lipinski definition) is 0. The van der Waals surface area contributed by atoms with Crippen LogP contribution in [0.5, 0.6) is 5.75 Å². The Morgan fingerprint density at radius 1 is 1.24 bits per heavy atom. The third-order valence-electron chi connectivity index (χ3n) is 5.97. The average molecular weight is 423 g/mol. The van der Waals surface area contributed by atoms with Gasteiger partial charge in [-0.3, -0.25) is 0 Å². The van der Waals surface area contributed by atoms with E-state index in [4.69, 9.17) is 0 Å². The lowest BCUT2D eigenvalue weighted by atomic mass is 9.82. The van der Waals surface area contributed by atoms with Crippen molar-refractivity contribution in [3.8, 4) is 5.75 Å². The van der Waals surface area contributed by atoms with Crippen LogP contribution in [-0.4, -0.2) is 38.4 Å². The molecule has 2 bridgehead atoms. The molecule has 3 atom stereocenters. The van der Waals surface area contributed by atoms with Gasteiger partial charge in [-0.2, -0.15) is 9.47 Å². The smallest absolute Gasteiger partial charge is 0.402 e. The van der Waals surface area contributed by atoms with Gasteiger partial charge in [-0.15, -0.1) is 13.2 Å². The summed E-state index contributed by atoms with van der Waals surface area (Å²) in [6.45, 7) is 3.98. The Bertz CT molecular complexity index is 1020. The number of anilines is 1. The molecule has 1 aliphatic heterocycles. The van der Waals surface area contributed by atoms with E-state index in [1.807, 2.05) is 6.92 Å². The Labute approximate surface area is 169 Å². The molecule has 1 saturated heterocycles. The molecule has 29 heavy (non-hydrogen) atoms. The maximum atomic E-state index is 12.6. The van der Waals surface area contributed by atoms with Gasteiger partial charge in [0.25, 0.3) is 0 Å². The number of pyridine rings is 1. The van der Waals surface area contributed by atoms with Gasteiger partial charge in [0.1, 0.15) is 5.00 Å². The van der Waals surface area contributed by atoms with E-state index < -0.39 is 6.36 Å². The van der Waals surface area contributed by atoms with Gasteiger partial charge >= 0.3 is 6.36 Å². The van der Waals surface area contributed by atoms with Crippen molar-refractivity contribution in [1.29, 1.82) is 0 Å². The van der Waals surface area contributed by atoms with E-state index in [0.29, 0.717) is 30.0 Å². The summed E-state index contributed by atoms with van der Waals surface area (Å²) in [6, 6.07) is 4.88. The number of hydrogen-bond acceptors (Lipinski definition) is 6. The van der Waals surface area contributed by atoms with Crippen LogP contribution in [0.3, 0.4) is 0 Å². The van der Waals surface area contributed by atoms with Crippen molar-refractivity contribution in [3.63, 3.8) is 0 Å². The van der Waals surface area contributed by atoms with Crippen LogP contribution in [0.2, 0.25) is 0 Å². The molecule has 6 nitrogen and oxygen atoms in total. The molecule has 5 rings (SSSR count). The minimum absolute atomic E-state index is 0.102. The number of nitrogens with zero attached hydrogens (tertiary/aromatic N) is 5. The molecular formula is C19H20F3N5OS. The maximum absolute atomic E-state index is 12.6. The van der Waals surface area contributed by atoms with Gasteiger partial charge in [0.2, 0.25) is 0 Å². The Morgan fingerprint density at radius 3 is 2.66 bits per heavy atom. The maximum Gasteiger partial charge on any atom is 0.573 e. The minimum Gasteiger partial charge on any atom is -0.402 e. The summed E-state index contributed by atoms with van der Waals surface area (Å²) in [5.41, 5.74) is 1.15. The van der Waals surface area contributed by atoms with E-state index in [9.17, 15) is 13.2 Å². The van der Waals surface area contributed by atoms with E-state index in [1.165, 1.54) is 34.5 Å². The second kappa shape index (κ2) is 6.86. The molecule has 0 aromatic carbocycles. The zero-order valence-corrected chi connectivity index (χ0v) is 16.6. The van der Waals surface area contributed by atoms with Gasteiger partial charge in [-0.25, -0.2) is 9.50 Å². The molecular weight excluding hydrogens is 403 g/mol. The third kappa shape index (κ3) is 3.65. The molecule has 0 amide bonds. The highest BCUT2D eigenvalue weighted by Crippen LogP contribution is 2.45. The van der Waals surface area contributed by atoms with Crippen molar-refractivity contribution in [2.75, 3.05) is 18.0 Å². The number of alkyl halides is 3. The van der Waals surface area contributed by atoms with Crippen molar-refractivity contribution in [1.82, 2.24) is 19.0 Å². The number of aryl methyl sites for hydroxylation is 1. The quantitative estimate of drug-likeness (QED) is 0.633. The summed E-state index contributed by atoms with van der Waals surface area (Å²) in [6.07, 6.45) is -0.149. The van der Waals surface area contributed by atoms with Gasteiger partial charge < -0.3 is 9.64 Å². The second-order valence-electron chi connectivity index (χ2n) is 7.89. The highest BCUT2D eigenvalue weighted by molar-refractivity contribution is 7.10. The fourth-order valence-corrected chi connectivity index (χ4v) is 5.55. The largest absolute Gasteiger partial charge is 0.573 e. The van der Waals surface area contributed by atoms with E-state index in [1.54, 1.807) is 17.7 Å². The zero-order chi connectivity index (χ0) is 20.2. The van der Waals surface area contributed by atoms with Crippen LogP contribution in [0.4, 0.5) is 18.2 Å². The Balaban J connectivity index is 1.35. The molecule has 2 aliphatic rings. The Hall–Kier alpha value is -2.36. The SMILES string of the molecule is Cc1cc(N2C[C@H]3CC[C@@H](C2)C3Cc2nc3c(OC(F)(F)F)cccn3n2)sn1. The van der Waals surface area contributed by atoms with Crippen molar-refractivity contribution in [3.05, 3.63) is 35.9 Å². The van der Waals surface area contributed by atoms with Gasteiger partial charge in [0.05, 0.1) is 5.69 Å². The number of fused-ring (bicyclic) bond motifs is 3. The first kappa shape index (κ1) is 18.7. The van der Waals surface area contributed by atoms with Crippen LogP contribution in [0, 0.1) is 24.7 Å². The fraction of sp³-hybridized carbons (Fsp3) is 0.526. The predicted molar refractivity (Wildman–Crippen MR) is 102 cm³/mol. The van der Waals surface area contributed by atoms with E-state index in [2.05, 4.69) is 30.2 Å². The third-order valence-corrected chi connectivity index (χ3v) is 6.91. The minimum atomic E-state index is -4.76. The molecule has 2 fully saturated rings. The van der Waals surface area contributed by atoms with Crippen LogP contribution in [0.15, 0.2) is 24.4 Å². The van der Waals surface area contributed by atoms with Crippen molar-refractivity contribution < 1.29 is 17.9 Å². The first-order valence-electron chi connectivity index (χ1n) is 9.64. The van der Waals surface area contributed by atoms with Gasteiger partial charge in [-0.1, -0.05) is 0 Å². The molecule has 0 radical (unpaired) electrons. The fourth-order valence-electron chi connectivity index (χ4n) is 4.78. The zero-order valence-electron chi connectivity index (χ0n) is 15.8. The lowest BCUT2D eigenvalue weighted by molar-refractivity contribution is -0.274. The molecule has 0 spiro atoms. The first-order chi connectivity index (χ1) is 13.9. The molecule has 1 aliphatic carbocycles. The summed E-state index contributed by atoms with van der Waals surface area (Å²) in [4.78, 5) is 6.80. The highest BCUT2D eigenvalue weighted by Gasteiger charge is 2.43. The number of rotatable bonds is 4. The number of halogens is 3. The van der Waals surface area contributed by atoms with Gasteiger partial charge in [0, 0.05) is 25.7 Å². The average Bonchev–Trinajstić information content (AvgIpc) is 3.31. The standard InChI is InChI=1S/C19H20F3N5OS/c1-11-7-17(29-25-11)26-9-12-4-5-13(10-26)14(12)8-16-23-18-15(28-19(20,21)22)3-2-6-27(18)24-16/h2-3,6-7,12-14H,4-5,8-10H2,1H3/t12-,13+,14?. The summed E-state index contributed by atoms with van der Waals surface area (Å²) in [5.74, 6) is 1.77. The molecule has 3 aromatic heterocycles. The lowest BCUT2D eigenvalue weighted by Gasteiger charge is -2.38. The summed E-state index contributed by atoms with van der Waals surface area (Å²) in [7, 11) is 0. The molecule has 0 N–H and O–H groups in total. The number of ether oxygens (including phenoxy) is 1. The summed E-state index contributed by atoms with van der Waals surface area (Å²) < 4.78 is 47.8. The molecule has 1 unspecified atom stereocenters. The number of piperidine rings is 1. The van der Waals surface area contributed by atoms with Crippen LogP contribution >= 0.6 is 11.5 Å². The van der Waals surface area contributed by atoms with E-state index >= 15 is 0 Å². The molecule has 4 heterocycles. The van der Waals surface area contributed by atoms with Gasteiger partial charge in [-0.05, 0) is 67.3 Å². The molecule has 154 valence electrons. The molecule has 1 saturated carbocycles. The second-order valence-corrected chi connectivity index (χ2v) is 8.68. The van der Waals surface area contributed by atoms with Crippen LogP contribution in [-0.2, 0) is 6.42 Å². The topological polar surface area (TPSA) is 55.6 Å². The van der Waals surface area contributed by atoms with Crippen LogP contribution < -0.4 is 9.64 Å². The van der Waals surface area contributed by atoms with Crippen LogP contribution in [0.25, 0.3) is 5.65 Å². The Kier molecular flexibility index (Phi) is 4.41. The number of aromatic nitrogens is 4. The Morgan fingerprint density at radius 2 is 2.00 bits per heavy atom. The lowest BCUT2D eigenvalue weighted by Crippen LogP contribution is -2.42. The monoisotopic (exact) mass is 423 g/mol. The normalized spacial score (nSPS) is 24.4. The van der Waals surface area contributed by atoms with E-state index in [0.717, 1.165) is 18.8 Å². The summed E-state index contributed by atoms with van der Waals surface area (Å²) in [5, 5.41) is 5.63. The molecule has 10 heteroatoms. The highest BCUT2D eigenvalue weighted by atomic mass is 32.1. The van der Waals surface area contributed by atoms with Crippen molar-refractivity contribution in [2.45, 2.75) is 32.5 Å². The van der Waals surface area contributed by atoms with Gasteiger partial charge in [0.15, 0.2) is 17.2 Å². The molecule has 3 aromatic rings. The van der Waals surface area contributed by atoms with Crippen molar-refractivity contribution >= 4 is 22.2 Å². The summed E-state index contributed by atoms with van der Waals surface area (Å²) >= 11 is 1.54. The van der Waals surface area contributed by atoms with E-state index in [-0.39, 0.29) is 11.4 Å². The van der Waals surface area contributed by atoms with Crippen LogP contribution in [0.1, 0.15) is 24.4 Å². The predicted octanol–water partition coefficient (Wildman–Crippen LogP) is 4.10. The first-order valence-corrected chi connectivity index (χ1v) is 10.4.